The molecule has 0 aliphatic heterocycles. The van der Waals surface area contributed by atoms with Gasteiger partial charge in [0.25, 0.3) is 0 Å². The highest BCUT2D eigenvalue weighted by molar-refractivity contribution is 5.80. The first-order valence-corrected chi connectivity index (χ1v) is 6.65. The maximum absolute atomic E-state index is 5.37. The Labute approximate surface area is 109 Å². The molecule has 3 nitrogen and oxygen atoms in total. The lowest BCUT2D eigenvalue weighted by molar-refractivity contribution is 0.142. The lowest BCUT2D eigenvalue weighted by atomic mass is 10.1. The number of aromatic nitrogens is 1. The number of hydrogen-bond donors (Lipinski definition) is 1. The second-order valence-electron chi connectivity index (χ2n) is 4.48. The highest BCUT2D eigenvalue weighted by Crippen LogP contribution is 2.18. The monoisotopic (exact) mass is 246 g/mol. The van der Waals surface area contributed by atoms with Gasteiger partial charge in [-0.05, 0) is 49.5 Å². The molecule has 1 aromatic carbocycles. The molecule has 98 valence electrons. The molecular formula is C15H22N2O. The van der Waals surface area contributed by atoms with Crippen molar-refractivity contribution >= 4 is 10.9 Å². The maximum Gasteiger partial charge on any atom is 0.0482 e. The third-order valence-electron chi connectivity index (χ3n) is 3.11. The van der Waals surface area contributed by atoms with Gasteiger partial charge in [0, 0.05) is 38.0 Å². The number of benzene rings is 1. The minimum absolute atomic E-state index is 0.805. The lowest BCUT2D eigenvalue weighted by Gasteiger charge is -2.06. The average molecular weight is 246 g/mol. The predicted molar refractivity (Wildman–Crippen MR) is 75.8 cm³/mol. The van der Waals surface area contributed by atoms with Crippen LogP contribution in [-0.2, 0) is 17.8 Å². The van der Waals surface area contributed by atoms with Gasteiger partial charge in [0.1, 0.15) is 0 Å². The molecule has 2 aromatic rings. The summed E-state index contributed by atoms with van der Waals surface area (Å²) in [5.74, 6) is 0. The molecule has 1 aromatic heterocycles. The molecule has 2 rings (SSSR count). The smallest absolute Gasteiger partial charge is 0.0482 e. The molecule has 3 heteroatoms. The zero-order chi connectivity index (χ0) is 12.8. The lowest BCUT2D eigenvalue weighted by Crippen LogP contribution is -2.05. The fourth-order valence-corrected chi connectivity index (χ4v) is 2.24. The minimum Gasteiger partial charge on any atom is -0.382 e. The Morgan fingerprint density at radius 3 is 2.94 bits per heavy atom. The van der Waals surface area contributed by atoms with Gasteiger partial charge in [-0.15, -0.1) is 0 Å². The van der Waals surface area contributed by atoms with Crippen LogP contribution in [0.5, 0.6) is 0 Å². The molecule has 0 fully saturated rings. The van der Waals surface area contributed by atoms with E-state index in [1.165, 1.54) is 16.5 Å². The van der Waals surface area contributed by atoms with Crippen molar-refractivity contribution in [2.45, 2.75) is 26.4 Å². The van der Waals surface area contributed by atoms with Gasteiger partial charge in [-0.1, -0.05) is 6.07 Å². The van der Waals surface area contributed by atoms with E-state index >= 15 is 0 Å². The summed E-state index contributed by atoms with van der Waals surface area (Å²) in [5.41, 5.74) is 2.64. The molecule has 18 heavy (non-hydrogen) atoms. The Morgan fingerprint density at radius 2 is 2.17 bits per heavy atom. The number of aryl methyl sites for hydroxylation is 1. The van der Waals surface area contributed by atoms with Crippen molar-refractivity contribution in [2.24, 2.45) is 0 Å². The number of fused-ring (bicyclic) bond motifs is 1. The normalized spacial score (nSPS) is 11.2. The summed E-state index contributed by atoms with van der Waals surface area (Å²) in [6.07, 6.45) is 3.23. The van der Waals surface area contributed by atoms with Crippen LogP contribution >= 0.6 is 0 Å². The van der Waals surface area contributed by atoms with Gasteiger partial charge < -0.3 is 14.6 Å². The number of hydrogen-bond acceptors (Lipinski definition) is 2. The van der Waals surface area contributed by atoms with E-state index in [9.17, 15) is 0 Å². The van der Waals surface area contributed by atoms with Gasteiger partial charge >= 0.3 is 0 Å². The number of nitrogens with zero attached hydrogens (tertiary/aromatic N) is 1. The zero-order valence-corrected chi connectivity index (χ0v) is 11.3. The van der Waals surface area contributed by atoms with E-state index in [0.717, 1.165) is 32.7 Å². The third kappa shape index (κ3) is 3.12. The molecule has 0 saturated carbocycles. The van der Waals surface area contributed by atoms with E-state index in [-0.39, 0.29) is 0 Å². The van der Waals surface area contributed by atoms with E-state index in [2.05, 4.69) is 40.3 Å². The summed E-state index contributed by atoms with van der Waals surface area (Å²) in [6.45, 7) is 5.63. The highest BCUT2D eigenvalue weighted by Gasteiger charge is 2.01. The Morgan fingerprint density at radius 1 is 1.28 bits per heavy atom. The van der Waals surface area contributed by atoms with Crippen LogP contribution in [0.2, 0.25) is 0 Å². The van der Waals surface area contributed by atoms with Crippen LogP contribution in [-0.4, -0.2) is 24.8 Å². The molecule has 0 amide bonds. The van der Waals surface area contributed by atoms with Crippen LogP contribution in [0.4, 0.5) is 0 Å². The largest absolute Gasteiger partial charge is 0.382 e. The van der Waals surface area contributed by atoms with Gasteiger partial charge in [0.2, 0.25) is 0 Å². The van der Waals surface area contributed by atoms with Crippen molar-refractivity contribution in [3.8, 4) is 0 Å². The van der Waals surface area contributed by atoms with E-state index in [4.69, 9.17) is 4.74 Å². The Balaban J connectivity index is 2.06. The Hall–Kier alpha value is -1.32. The van der Waals surface area contributed by atoms with Gasteiger partial charge in [-0.3, -0.25) is 0 Å². The summed E-state index contributed by atoms with van der Waals surface area (Å²) >= 11 is 0. The fourth-order valence-electron chi connectivity index (χ4n) is 2.24. The molecule has 0 saturated heterocycles. The molecule has 0 atom stereocenters. The van der Waals surface area contributed by atoms with Crippen LogP contribution in [0.3, 0.4) is 0 Å². The van der Waals surface area contributed by atoms with E-state index < -0.39 is 0 Å². The minimum atomic E-state index is 0.805. The highest BCUT2D eigenvalue weighted by atomic mass is 16.5. The van der Waals surface area contributed by atoms with Crippen LogP contribution in [0, 0.1) is 0 Å². The quantitative estimate of drug-likeness (QED) is 0.760. The molecule has 0 aliphatic rings. The molecule has 0 aliphatic carbocycles. The number of ether oxygens (including phenoxy) is 1. The van der Waals surface area contributed by atoms with Gasteiger partial charge in [0.15, 0.2) is 0 Å². The van der Waals surface area contributed by atoms with E-state index in [1.807, 2.05) is 14.0 Å². The first-order chi connectivity index (χ1) is 8.85. The van der Waals surface area contributed by atoms with Crippen LogP contribution in [0.1, 0.15) is 18.9 Å². The standard InChI is InChI=1S/C15H22N2O/c1-3-18-10-4-8-17-9-7-14-11-13(12-16-2)5-6-15(14)17/h5-7,9,11,16H,3-4,8,10,12H2,1-2H3. The fraction of sp³-hybridized carbons (Fsp3) is 0.467. The van der Waals surface area contributed by atoms with Gasteiger partial charge in [-0.2, -0.15) is 0 Å². The van der Waals surface area contributed by atoms with Crippen molar-refractivity contribution in [3.63, 3.8) is 0 Å². The first kappa shape index (κ1) is 13.1. The number of nitrogens with one attached hydrogen (secondary N) is 1. The molecule has 0 bridgehead atoms. The molecular weight excluding hydrogens is 224 g/mol. The van der Waals surface area contributed by atoms with Crippen molar-refractivity contribution < 1.29 is 4.74 Å². The second kappa shape index (κ2) is 6.57. The summed E-state index contributed by atoms with van der Waals surface area (Å²) in [7, 11) is 1.98. The topological polar surface area (TPSA) is 26.2 Å². The Kier molecular flexibility index (Phi) is 4.79. The molecule has 0 spiro atoms. The Bertz CT molecular complexity index is 490. The summed E-state index contributed by atoms with van der Waals surface area (Å²) in [4.78, 5) is 0. The van der Waals surface area contributed by atoms with Gasteiger partial charge in [0.05, 0.1) is 0 Å². The molecule has 0 unspecified atom stereocenters. The van der Waals surface area contributed by atoms with E-state index in [1.54, 1.807) is 0 Å². The number of rotatable bonds is 7. The summed E-state index contributed by atoms with van der Waals surface area (Å²) in [5, 5.41) is 4.50. The maximum atomic E-state index is 5.37. The SMILES string of the molecule is CCOCCCn1ccc2cc(CNC)ccc21. The zero-order valence-electron chi connectivity index (χ0n) is 11.3. The van der Waals surface area contributed by atoms with Crippen LogP contribution in [0.15, 0.2) is 30.5 Å². The molecule has 1 heterocycles. The summed E-state index contributed by atoms with van der Waals surface area (Å²) in [6, 6.07) is 8.85. The van der Waals surface area contributed by atoms with Gasteiger partial charge in [-0.25, -0.2) is 0 Å². The van der Waals surface area contributed by atoms with Crippen molar-refractivity contribution in [1.29, 1.82) is 0 Å². The first-order valence-electron chi connectivity index (χ1n) is 6.65. The van der Waals surface area contributed by atoms with Crippen LogP contribution < -0.4 is 5.32 Å². The molecule has 1 N–H and O–H groups in total. The predicted octanol–water partition coefficient (Wildman–Crippen LogP) is 2.79. The van der Waals surface area contributed by atoms with Crippen molar-refractivity contribution in [2.75, 3.05) is 20.3 Å². The van der Waals surface area contributed by atoms with Crippen LogP contribution in [0.25, 0.3) is 10.9 Å². The summed E-state index contributed by atoms with van der Waals surface area (Å²) < 4.78 is 7.68. The van der Waals surface area contributed by atoms with E-state index in [0.29, 0.717) is 0 Å². The van der Waals surface area contributed by atoms with Crippen molar-refractivity contribution in [1.82, 2.24) is 9.88 Å². The average Bonchev–Trinajstić information content (AvgIpc) is 2.78. The third-order valence-corrected chi connectivity index (χ3v) is 3.11. The molecule has 0 radical (unpaired) electrons. The van der Waals surface area contributed by atoms with Crippen molar-refractivity contribution in [3.05, 3.63) is 36.0 Å². The second-order valence-corrected chi connectivity index (χ2v) is 4.48.